The number of carbonyl (C=O) groups excluding carboxylic acids is 1. The molecule has 0 heterocycles. The summed E-state index contributed by atoms with van der Waals surface area (Å²) < 4.78 is 5.42. The van der Waals surface area contributed by atoms with Gasteiger partial charge in [0, 0.05) is 5.56 Å². The maximum Gasteiger partial charge on any atom is 0.252 e. The minimum atomic E-state index is -0.0483. The first-order valence-electron chi connectivity index (χ1n) is 7.21. The van der Waals surface area contributed by atoms with Crippen LogP contribution in [0.25, 0.3) is 0 Å². The van der Waals surface area contributed by atoms with Gasteiger partial charge in [-0.05, 0) is 50.1 Å². The molecule has 0 aliphatic heterocycles. The smallest absolute Gasteiger partial charge is 0.252 e. The van der Waals surface area contributed by atoms with Gasteiger partial charge in [-0.15, -0.1) is 0 Å². The molecule has 3 nitrogen and oxygen atoms in total. The van der Waals surface area contributed by atoms with Crippen molar-refractivity contribution in [2.75, 3.05) is 6.61 Å². The Morgan fingerprint density at radius 2 is 1.81 bits per heavy atom. The van der Waals surface area contributed by atoms with Crippen molar-refractivity contribution in [2.24, 2.45) is 0 Å². The van der Waals surface area contributed by atoms with Crippen LogP contribution in [0.4, 0.5) is 0 Å². The van der Waals surface area contributed by atoms with Crippen LogP contribution in [0.2, 0.25) is 0 Å². The number of amides is 1. The molecule has 2 aromatic rings. The number of benzene rings is 2. The number of aryl methyl sites for hydroxylation is 1. The van der Waals surface area contributed by atoms with Gasteiger partial charge < -0.3 is 10.1 Å². The lowest BCUT2D eigenvalue weighted by molar-refractivity contribution is 0.0939. The highest BCUT2D eigenvalue weighted by Gasteiger charge is 2.12. The number of nitrogens with one attached hydrogen (secondary N) is 1. The molecule has 0 radical (unpaired) electrons. The first kappa shape index (κ1) is 15.1. The van der Waals surface area contributed by atoms with Crippen molar-refractivity contribution in [3.05, 3.63) is 65.2 Å². The van der Waals surface area contributed by atoms with Gasteiger partial charge in [0.25, 0.3) is 5.91 Å². The Morgan fingerprint density at radius 1 is 1.14 bits per heavy atom. The second-order valence-electron chi connectivity index (χ2n) is 5.01. The highest BCUT2D eigenvalue weighted by molar-refractivity contribution is 5.95. The molecular formula is C18H21NO2. The van der Waals surface area contributed by atoms with Gasteiger partial charge in [-0.1, -0.05) is 30.3 Å². The molecule has 0 bridgehead atoms. The van der Waals surface area contributed by atoms with E-state index in [1.807, 2.05) is 69.3 Å². The van der Waals surface area contributed by atoms with Crippen molar-refractivity contribution in [3.8, 4) is 5.75 Å². The number of ether oxygens (including phenoxy) is 1. The molecule has 0 spiro atoms. The molecule has 1 atom stereocenters. The molecular weight excluding hydrogens is 262 g/mol. The minimum absolute atomic E-state index is 0.0468. The predicted octanol–water partition coefficient (Wildman–Crippen LogP) is 3.88. The third kappa shape index (κ3) is 3.85. The minimum Gasteiger partial charge on any atom is -0.494 e. The summed E-state index contributed by atoms with van der Waals surface area (Å²) in [5.41, 5.74) is 2.75. The lowest BCUT2D eigenvalue weighted by atomic mass is 10.1. The zero-order valence-electron chi connectivity index (χ0n) is 12.7. The lowest BCUT2D eigenvalue weighted by Gasteiger charge is -2.16. The van der Waals surface area contributed by atoms with E-state index in [-0.39, 0.29) is 11.9 Å². The van der Waals surface area contributed by atoms with Gasteiger partial charge in [0.05, 0.1) is 12.6 Å². The van der Waals surface area contributed by atoms with Crippen molar-refractivity contribution in [1.82, 2.24) is 5.32 Å². The van der Waals surface area contributed by atoms with Gasteiger partial charge in [-0.25, -0.2) is 0 Å². The summed E-state index contributed by atoms with van der Waals surface area (Å²) in [4.78, 5) is 12.3. The topological polar surface area (TPSA) is 38.3 Å². The van der Waals surface area contributed by atoms with Crippen LogP contribution in [0, 0.1) is 6.92 Å². The molecule has 0 saturated carbocycles. The largest absolute Gasteiger partial charge is 0.494 e. The summed E-state index contributed by atoms with van der Waals surface area (Å²) in [6.07, 6.45) is 0. The van der Waals surface area contributed by atoms with Crippen molar-refractivity contribution in [1.29, 1.82) is 0 Å². The highest BCUT2D eigenvalue weighted by Crippen LogP contribution is 2.18. The Kier molecular flexibility index (Phi) is 4.99. The average Bonchev–Trinajstić information content (AvgIpc) is 2.48. The van der Waals surface area contributed by atoms with Gasteiger partial charge in [0.15, 0.2) is 0 Å². The Labute approximate surface area is 126 Å². The van der Waals surface area contributed by atoms with E-state index in [1.165, 1.54) is 0 Å². The fraction of sp³-hybridized carbons (Fsp3) is 0.278. The number of carbonyl (C=O) groups is 1. The van der Waals surface area contributed by atoms with E-state index < -0.39 is 0 Å². The normalized spacial score (nSPS) is 11.8. The Bertz CT molecular complexity index is 605. The molecule has 1 N–H and O–H groups in total. The van der Waals surface area contributed by atoms with Crippen LogP contribution in [-0.2, 0) is 0 Å². The lowest BCUT2D eigenvalue weighted by Crippen LogP contribution is -2.27. The van der Waals surface area contributed by atoms with Gasteiger partial charge in [-0.3, -0.25) is 4.79 Å². The number of hydrogen-bond donors (Lipinski definition) is 1. The summed E-state index contributed by atoms with van der Waals surface area (Å²) >= 11 is 0. The Morgan fingerprint density at radius 3 is 2.43 bits per heavy atom. The maximum atomic E-state index is 12.3. The molecule has 0 aromatic heterocycles. The van der Waals surface area contributed by atoms with E-state index in [0.29, 0.717) is 6.61 Å². The molecule has 0 fully saturated rings. The van der Waals surface area contributed by atoms with Crippen molar-refractivity contribution in [3.63, 3.8) is 0 Å². The second kappa shape index (κ2) is 6.93. The molecule has 21 heavy (non-hydrogen) atoms. The predicted molar refractivity (Wildman–Crippen MR) is 84.7 cm³/mol. The quantitative estimate of drug-likeness (QED) is 0.904. The molecule has 110 valence electrons. The summed E-state index contributed by atoms with van der Waals surface area (Å²) in [5, 5.41) is 3.03. The third-order valence-electron chi connectivity index (χ3n) is 3.43. The van der Waals surface area contributed by atoms with Crippen LogP contribution < -0.4 is 10.1 Å². The van der Waals surface area contributed by atoms with Crippen LogP contribution in [-0.4, -0.2) is 12.5 Å². The Balaban J connectivity index is 2.05. The molecule has 3 heteroatoms. The van der Waals surface area contributed by atoms with Crippen LogP contribution in [0.3, 0.4) is 0 Å². The molecule has 0 aliphatic rings. The monoisotopic (exact) mass is 283 g/mol. The summed E-state index contributed by atoms with van der Waals surface area (Å²) in [6, 6.07) is 15.4. The Hall–Kier alpha value is -2.29. The molecule has 0 aliphatic carbocycles. The maximum absolute atomic E-state index is 12.3. The van der Waals surface area contributed by atoms with Gasteiger partial charge in [0.1, 0.15) is 5.75 Å². The summed E-state index contributed by atoms with van der Waals surface area (Å²) in [6.45, 7) is 6.53. The molecule has 1 amide bonds. The average molecular weight is 283 g/mol. The van der Waals surface area contributed by atoms with E-state index >= 15 is 0 Å². The third-order valence-corrected chi connectivity index (χ3v) is 3.43. The second-order valence-corrected chi connectivity index (χ2v) is 5.01. The van der Waals surface area contributed by atoms with Crippen molar-refractivity contribution >= 4 is 5.91 Å². The first-order valence-corrected chi connectivity index (χ1v) is 7.21. The highest BCUT2D eigenvalue weighted by atomic mass is 16.5. The summed E-state index contributed by atoms with van der Waals surface area (Å²) in [7, 11) is 0. The van der Waals surface area contributed by atoms with Crippen molar-refractivity contribution in [2.45, 2.75) is 26.8 Å². The first-order chi connectivity index (χ1) is 10.1. The van der Waals surface area contributed by atoms with Gasteiger partial charge >= 0.3 is 0 Å². The number of rotatable bonds is 5. The van der Waals surface area contributed by atoms with E-state index in [0.717, 1.165) is 22.4 Å². The van der Waals surface area contributed by atoms with Gasteiger partial charge in [-0.2, -0.15) is 0 Å². The number of hydrogen-bond acceptors (Lipinski definition) is 2. The van der Waals surface area contributed by atoms with Crippen LogP contribution in [0.1, 0.15) is 41.4 Å². The van der Waals surface area contributed by atoms with Gasteiger partial charge in [0.2, 0.25) is 0 Å². The standard InChI is InChI=1S/C18H21NO2/c1-4-21-16-11-9-15(10-12-16)14(3)19-18(20)17-8-6-5-7-13(17)2/h5-12,14H,4H2,1-3H3,(H,19,20). The fourth-order valence-corrected chi connectivity index (χ4v) is 2.20. The fourth-order valence-electron chi connectivity index (χ4n) is 2.20. The van der Waals surface area contributed by atoms with Crippen LogP contribution in [0.15, 0.2) is 48.5 Å². The molecule has 1 unspecified atom stereocenters. The SMILES string of the molecule is CCOc1ccc(C(C)NC(=O)c2ccccc2C)cc1. The van der Waals surface area contributed by atoms with Crippen LogP contribution >= 0.6 is 0 Å². The van der Waals surface area contributed by atoms with E-state index in [4.69, 9.17) is 4.74 Å². The molecule has 2 rings (SSSR count). The van der Waals surface area contributed by atoms with Crippen molar-refractivity contribution < 1.29 is 9.53 Å². The van der Waals surface area contributed by atoms with E-state index in [1.54, 1.807) is 0 Å². The summed E-state index contributed by atoms with van der Waals surface area (Å²) in [5.74, 6) is 0.799. The molecule has 0 saturated heterocycles. The zero-order valence-corrected chi connectivity index (χ0v) is 12.7. The zero-order chi connectivity index (χ0) is 15.2. The molecule has 2 aromatic carbocycles. The van der Waals surface area contributed by atoms with E-state index in [9.17, 15) is 4.79 Å². The van der Waals surface area contributed by atoms with Crippen LogP contribution in [0.5, 0.6) is 5.75 Å². The van der Waals surface area contributed by atoms with E-state index in [2.05, 4.69) is 5.32 Å².